The van der Waals surface area contributed by atoms with Crippen LogP contribution in [0.15, 0.2) is 48.8 Å². The third kappa shape index (κ3) is 2.47. The summed E-state index contributed by atoms with van der Waals surface area (Å²) in [7, 11) is 0. The molecule has 6 nitrogen and oxygen atoms in total. The number of carbonyl (C=O) groups is 1. The number of benzene rings is 1. The lowest BCUT2D eigenvalue weighted by Crippen LogP contribution is -2.43. The number of amides is 1. The van der Waals surface area contributed by atoms with Gasteiger partial charge in [-0.15, -0.1) is 0 Å². The van der Waals surface area contributed by atoms with Crippen molar-refractivity contribution in [3.8, 4) is 0 Å². The van der Waals surface area contributed by atoms with Gasteiger partial charge in [0, 0.05) is 24.3 Å². The molecule has 23 heavy (non-hydrogen) atoms. The van der Waals surface area contributed by atoms with Gasteiger partial charge in [0.2, 0.25) is 0 Å². The Labute approximate surface area is 133 Å². The maximum Gasteiger partial charge on any atom is 0.273 e. The van der Waals surface area contributed by atoms with Crippen LogP contribution < -0.4 is 0 Å². The molecule has 1 unspecified atom stereocenters. The van der Waals surface area contributed by atoms with E-state index in [1.807, 2.05) is 41.3 Å². The molecule has 0 spiro atoms. The second kappa shape index (κ2) is 5.81. The van der Waals surface area contributed by atoms with Crippen molar-refractivity contribution in [2.75, 3.05) is 19.8 Å². The summed E-state index contributed by atoms with van der Waals surface area (Å²) in [6, 6.07) is 11.4. The summed E-state index contributed by atoms with van der Waals surface area (Å²) in [6.45, 7) is 1.52. The molecule has 0 radical (unpaired) electrons. The van der Waals surface area contributed by atoms with E-state index in [0.29, 0.717) is 25.5 Å². The molecule has 1 saturated heterocycles. The van der Waals surface area contributed by atoms with Crippen LogP contribution in [0.25, 0.3) is 10.8 Å². The van der Waals surface area contributed by atoms with Crippen LogP contribution in [-0.4, -0.2) is 45.7 Å². The summed E-state index contributed by atoms with van der Waals surface area (Å²) in [4.78, 5) is 19.2. The van der Waals surface area contributed by atoms with Gasteiger partial charge in [-0.25, -0.2) is 0 Å². The number of nitrogens with one attached hydrogen (secondary N) is 1. The van der Waals surface area contributed by atoms with Gasteiger partial charge in [-0.05, 0) is 17.5 Å². The van der Waals surface area contributed by atoms with Crippen molar-refractivity contribution in [3.63, 3.8) is 0 Å². The summed E-state index contributed by atoms with van der Waals surface area (Å²) < 4.78 is 5.55. The predicted molar refractivity (Wildman–Crippen MR) is 84.9 cm³/mol. The normalized spacial score (nSPS) is 18.3. The number of nitrogens with zero attached hydrogens (tertiary/aromatic N) is 3. The minimum atomic E-state index is -0.167. The Morgan fingerprint density at radius 1 is 1.22 bits per heavy atom. The molecule has 3 aromatic rings. The van der Waals surface area contributed by atoms with Crippen molar-refractivity contribution in [2.45, 2.75) is 6.04 Å². The minimum Gasteiger partial charge on any atom is -0.377 e. The number of hydrogen-bond acceptors (Lipinski definition) is 4. The van der Waals surface area contributed by atoms with E-state index in [-0.39, 0.29) is 11.9 Å². The lowest BCUT2D eigenvalue weighted by molar-refractivity contribution is -0.00410. The molecular weight excluding hydrogens is 292 g/mol. The molecule has 0 saturated carbocycles. The van der Waals surface area contributed by atoms with E-state index in [1.54, 1.807) is 12.4 Å². The average Bonchev–Trinajstić information content (AvgIpc) is 3.15. The highest BCUT2D eigenvalue weighted by Crippen LogP contribution is 2.26. The summed E-state index contributed by atoms with van der Waals surface area (Å²) in [5, 5.41) is 8.80. The zero-order chi connectivity index (χ0) is 15.6. The summed E-state index contributed by atoms with van der Waals surface area (Å²) in [5.74, 6) is -0.0790. The van der Waals surface area contributed by atoms with Crippen LogP contribution in [0.2, 0.25) is 0 Å². The Hall–Kier alpha value is -2.73. The van der Waals surface area contributed by atoms with Crippen LogP contribution in [-0.2, 0) is 4.74 Å². The van der Waals surface area contributed by atoms with Crippen molar-refractivity contribution in [3.05, 3.63) is 60.2 Å². The van der Waals surface area contributed by atoms with E-state index in [4.69, 9.17) is 4.74 Å². The van der Waals surface area contributed by atoms with Crippen molar-refractivity contribution in [1.82, 2.24) is 20.1 Å². The molecule has 0 bridgehead atoms. The van der Waals surface area contributed by atoms with Crippen molar-refractivity contribution < 1.29 is 9.53 Å². The largest absolute Gasteiger partial charge is 0.377 e. The zero-order valence-corrected chi connectivity index (χ0v) is 12.5. The monoisotopic (exact) mass is 308 g/mol. The third-order valence-corrected chi connectivity index (χ3v) is 4.15. The summed E-state index contributed by atoms with van der Waals surface area (Å²) in [5.41, 5.74) is 1.35. The molecular formula is C17H16N4O2. The van der Waals surface area contributed by atoms with Crippen LogP contribution in [0.5, 0.6) is 0 Å². The first-order valence-corrected chi connectivity index (χ1v) is 7.56. The Morgan fingerprint density at radius 3 is 3.00 bits per heavy atom. The van der Waals surface area contributed by atoms with Gasteiger partial charge in [0.1, 0.15) is 5.69 Å². The SMILES string of the molecule is O=C(c1nccc2ccccc12)N1CCOCC1c1ccn[nH]1. The Morgan fingerprint density at radius 2 is 2.13 bits per heavy atom. The lowest BCUT2D eigenvalue weighted by atomic mass is 10.1. The Balaban J connectivity index is 1.74. The van der Waals surface area contributed by atoms with Crippen LogP contribution in [0.4, 0.5) is 0 Å². The minimum absolute atomic E-state index is 0.0790. The molecule has 6 heteroatoms. The molecule has 3 heterocycles. The highest BCUT2D eigenvalue weighted by atomic mass is 16.5. The van der Waals surface area contributed by atoms with Crippen LogP contribution in [0, 0.1) is 0 Å². The number of H-pyrrole nitrogens is 1. The topological polar surface area (TPSA) is 71.1 Å². The quantitative estimate of drug-likeness (QED) is 0.787. The summed E-state index contributed by atoms with van der Waals surface area (Å²) >= 11 is 0. The highest BCUT2D eigenvalue weighted by Gasteiger charge is 2.31. The highest BCUT2D eigenvalue weighted by molar-refractivity contribution is 6.05. The molecule has 0 aliphatic carbocycles. The molecule has 2 aromatic heterocycles. The number of fused-ring (bicyclic) bond motifs is 1. The van der Waals surface area contributed by atoms with E-state index in [0.717, 1.165) is 16.5 Å². The molecule has 1 aliphatic heterocycles. The molecule has 1 N–H and O–H groups in total. The van der Waals surface area contributed by atoms with Gasteiger partial charge >= 0.3 is 0 Å². The van der Waals surface area contributed by atoms with E-state index < -0.39 is 0 Å². The fraction of sp³-hybridized carbons (Fsp3) is 0.235. The van der Waals surface area contributed by atoms with Gasteiger partial charge in [-0.3, -0.25) is 14.9 Å². The number of rotatable bonds is 2. The van der Waals surface area contributed by atoms with Gasteiger partial charge in [0.05, 0.1) is 24.9 Å². The average molecular weight is 308 g/mol. The third-order valence-electron chi connectivity index (χ3n) is 4.15. The van der Waals surface area contributed by atoms with E-state index in [9.17, 15) is 4.79 Å². The van der Waals surface area contributed by atoms with Crippen molar-refractivity contribution in [1.29, 1.82) is 0 Å². The van der Waals surface area contributed by atoms with Crippen LogP contribution in [0.1, 0.15) is 22.2 Å². The Kier molecular flexibility index (Phi) is 3.51. The van der Waals surface area contributed by atoms with Gasteiger partial charge in [-0.2, -0.15) is 5.10 Å². The number of carbonyl (C=O) groups excluding carboxylic acids is 1. The number of ether oxygens (including phenoxy) is 1. The van der Waals surface area contributed by atoms with Gasteiger partial charge in [-0.1, -0.05) is 24.3 Å². The number of aromatic amines is 1. The number of morpholine rings is 1. The maximum atomic E-state index is 13.1. The van der Waals surface area contributed by atoms with E-state index in [1.165, 1.54) is 0 Å². The molecule has 4 rings (SSSR count). The number of hydrogen-bond donors (Lipinski definition) is 1. The number of aromatic nitrogens is 3. The first kappa shape index (κ1) is 13.9. The van der Waals surface area contributed by atoms with Gasteiger partial charge in [0.25, 0.3) is 5.91 Å². The number of pyridine rings is 1. The fourth-order valence-corrected chi connectivity index (χ4v) is 2.98. The second-order valence-corrected chi connectivity index (χ2v) is 5.48. The van der Waals surface area contributed by atoms with Gasteiger partial charge < -0.3 is 9.64 Å². The predicted octanol–water partition coefficient (Wildman–Crippen LogP) is 2.17. The molecule has 116 valence electrons. The molecule has 1 fully saturated rings. The first-order valence-electron chi connectivity index (χ1n) is 7.56. The molecule has 1 amide bonds. The zero-order valence-electron chi connectivity index (χ0n) is 12.5. The first-order chi connectivity index (χ1) is 11.3. The molecule has 1 atom stereocenters. The lowest BCUT2D eigenvalue weighted by Gasteiger charge is -2.34. The fourth-order valence-electron chi connectivity index (χ4n) is 2.98. The summed E-state index contributed by atoms with van der Waals surface area (Å²) in [6.07, 6.45) is 3.37. The van der Waals surface area contributed by atoms with Crippen LogP contribution in [0.3, 0.4) is 0 Å². The maximum absolute atomic E-state index is 13.1. The van der Waals surface area contributed by atoms with E-state index >= 15 is 0 Å². The van der Waals surface area contributed by atoms with Gasteiger partial charge in [0.15, 0.2) is 0 Å². The van der Waals surface area contributed by atoms with Crippen LogP contribution >= 0.6 is 0 Å². The molecule has 1 aliphatic rings. The smallest absolute Gasteiger partial charge is 0.273 e. The van der Waals surface area contributed by atoms with Crippen molar-refractivity contribution >= 4 is 16.7 Å². The van der Waals surface area contributed by atoms with Crippen molar-refractivity contribution in [2.24, 2.45) is 0 Å². The standard InChI is InChI=1S/C17H16N4O2/c22-17(16-13-4-2-1-3-12(13)5-7-18-16)21-9-10-23-11-15(21)14-6-8-19-20-14/h1-8,15H,9-11H2,(H,19,20). The van der Waals surface area contributed by atoms with E-state index in [2.05, 4.69) is 15.2 Å². The molecule has 1 aromatic carbocycles. The second-order valence-electron chi connectivity index (χ2n) is 5.48. The Bertz CT molecular complexity index is 826.